The molecule has 3 heterocycles. The summed E-state index contributed by atoms with van der Waals surface area (Å²) in [5, 5.41) is 6.36. The zero-order valence-corrected chi connectivity index (χ0v) is 29.6. The minimum atomic E-state index is -4.29. The Morgan fingerprint density at radius 2 is 1.84 bits per heavy atom. The summed E-state index contributed by atoms with van der Waals surface area (Å²) in [4.78, 5) is 26.0. The lowest BCUT2D eigenvalue weighted by Gasteiger charge is -2.25. The standard InChI is InChI=1S/C37H39FN6O6S/c1-5-30-28(19-41-34(6-2)44-30)23-16-29(38)35-31(17-23)40-21-33(51(46,47)42-18-22-7-9-27(48-3)10-8-22)36(35)43-26-14-24(32-20-39-11-12-50-32)13-25(15-26)37(45)49-4/h7-10,13-17,19,21,32,39,42H,5-6,11-12,18,20H2,1-4H3,(H,40,43). The number of hydrogen-bond donors (Lipinski definition) is 3. The van der Waals surface area contributed by atoms with Gasteiger partial charge >= 0.3 is 5.97 Å². The number of fused-ring (bicyclic) bond motifs is 1. The van der Waals surface area contributed by atoms with E-state index in [-0.39, 0.29) is 39.7 Å². The van der Waals surface area contributed by atoms with Crippen molar-refractivity contribution < 1.29 is 31.8 Å². The van der Waals surface area contributed by atoms with Crippen LogP contribution in [0.3, 0.4) is 0 Å². The maximum Gasteiger partial charge on any atom is 0.337 e. The van der Waals surface area contributed by atoms with Crippen LogP contribution in [-0.4, -0.2) is 63.3 Å². The number of pyridine rings is 1. The number of aromatic nitrogens is 3. The van der Waals surface area contributed by atoms with Crippen molar-refractivity contribution in [2.24, 2.45) is 0 Å². The zero-order valence-electron chi connectivity index (χ0n) is 28.7. The van der Waals surface area contributed by atoms with Gasteiger partial charge in [0.25, 0.3) is 0 Å². The molecule has 0 bridgehead atoms. The SMILES string of the molecule is CCc1ncc(-c2cc(F)c3c(Nc4cc(C(=O)OC)cc(C5CNCCO5)c4)c(S(=O)(=O)NCc4ccc(OC)cc4)cnc3c2)c(CC)n1. The first kappa shape index (κ1) is 35.8. The minimum Gasteiger partial charge on any atom is -0.497 e. The van der Waals surface area contributed by atoms with E-state index in [4.69, 9.17) is 14.2 Å². The highest BCUT2D eigenvalue weighted by Crippen LogP contribution is 2.38. The van der Waals surface area contributed by atoms with Gasteiger partial charge < -0.3 is 24.8 Å². The normalized spacial score (nSPS) is 14.7. The molecule has 1 aliphatic rings. The number of hydrogen-bond acceptors (Lipinski definition) is 11. The topological polar surface area (TPSA) is 154 Å². The van der Waals surface area contributed by atoms with E-state index in [1.54, 1.807) is 55.8 Å². The molecule has 51 heavy (non-hydrogen) atoms. The third-order valence-corrected chi connectivity index (χ3v) is 10.0. The Labute approximate surface area is 295 Å². The number of carbonyl (C=O) groups is 1. The van der Waals surface area contributed by atoms with Gasteiger partial charge in [0.15, 0.2) is 0 Å². The maximum absolute atomic E-state index is 16.5. The molecule has 0 saturated carbocycles. The van der Waals surface area contributed by atoms with Gasteiger partial charge in [0.1, 0.15) is 22.3 Å². The van der Waals surface area contributed by atoms with Crippen LogP contribution in [0.15, 0.2) is 71.9 Å². The third-order valence-electron chi connectivity index (χ3n) is 8.63. The summed E-state index contributed by atoms with van der Waals surface area (Å²) in [6.07, 6.45) is 3.74. The third kappa shape index (κ3) is 7.84. The van der Waals surface area contributed by atoms with Gasteiger partial charge in [-0.3, -0.25) is 4.98 Å². The molecule has 0 spiro atoms. The van der Waals surface area contributed by atoms with E-state index < -0.39 is 21.8 Å². The van der Waals surface area contributed by atoms with Crippen LogP contribution in [-0.2, 0) is 38.9 Å². The average Bonchev–Trinajstić information content (AvgIpc) is 3.16. The monoisotopic (exact) mass is 714 g/mol. The molecule has 3 N–H and O–H groups in total. The second-order valence-electron chi connectivity index (χ2n) is 11.9. The van der Waals surface area contributed by atoms with Gasteiger partial charge in [0.05, 0.1) is 54.8 Å². The molecule has 3 aromatic carbocycles. The predicted molar refractivity (Wildman–Crippen MR) is 191 cm³/mol. The molecule has 266 valence electrons. The Morgan fingerprint density at radius 1 is 1.04 bits per heavy atom. The Kier molecular flexibility index (Phi) is 10.9. The number of anilines is 2. The molecule has 1 saturated heterocycles. The van der Waals surface area contributed by atoms with Gasteiger partial charge in [-0.15, -0.1) is 0 Å². The molecule has 0 aliphatic carbocycles. The second kappa shape index (κ2) is 15.5. The Bertz CT molecular complexity index is 2180. The average molecular weight is 715 g/mol. The first-order chi connectivity index (χ1) is 24.6. The van der Waals surface area contributed by atoms with E-state index >= 15 is 4.39 Å². The summed E-state index contributed by atoms with van der Waals surface area (Å²) >= 11 is 0. The molecule has 0 amide bonds. The van der Waals surface area contributed by atoms with Crippen LogP contribution in [0.4, 0.5) is 15.8 Å². The van der Waals surface area contributed by atoms with Crippen molar-refractivity contribution in [1.82, 2.24) is 25.0 Å². The quantitative estimate of drug-likeness (QED) is 0.138. The van der Waals surface area contributed by atoms with Crippen molar-refractivity contribution in [2.45, 2.75) is 44.2 Å². The molecule has 12 nitrogen and oxygen atoms in total. The van der Waals surface area contributed by atoms with Crippen LogP contribution in [0.25, 0.3) is 22.0 Å². The number of ether oxygens (including phenoxy) is 3. The highest BCUT2D eigenvalue weighted by atomic mass is 32.2. The number of benzene rings is 3. The molecule has 1 unspecified atom stereocenters. The van der Waals surface area contributed by atoms with Gasteiger partial charge in [0.2, 0.25) is 10.0 Å². The van der Waals surface area contributed by atoms with E-state index in [2.05, 4.69) is 30.3 Å². The molecule has 1 fully saturated rings. The summed E-state index contributed by atoms with van der Waals surface area (Å²) in [6, 6.07) is 14.9. The van der Waals surface area contributed by atoms with Gasteiger partial charge in [-0.2, -0.15) is 0 Å². The molecule has 1 atom stereocenters. The number of rotatable bonds is 12. The molecule has 14 heteroatoms. The smallest absolute Gasteiger partial charge is 0.337 e. The number of halogens is 1. The lowest BCUT2D eigenvalue weighted by molar-refractivity contribution is 0.0276. The number of carbonyl (C=O) groups excluding carboxylic acids is 1. The molecular weight excluding hydrogens is 676 g/mol. The number of nitrogens with one attached hydrogen (secondary N) is 3. The Hall–Kier alpha value is -5.02. The van der Waals surface area contributed by atoms with E-state index in [0.717, 1.165) is 5.69 Å². The maximum atomic E-state index is 16.5. The first-order valence-electron chi connectivity index (χ1n) is 16.6. The van der Waals surface area contributed by atoms with Crippen molar-refractivity contribution >= 4 is 38.3 Å². The van der Waals surface area contributed by atoms with E-state index in [1.807, 2.05) is 13.8 Å². The largest absolute Gasteiger partial charge is 0.497 e. The van der Waals surface area contributed by atoms with Gasteiger partial charge in [0, 0.05) is 49.7 Å². The van der Waals surface area contributed by atoms with Crippen molar-refractivity contribution in [3.8, 4) is 16.9 Å². The summed E-state index contributed by atoms with van der Waals surface area (Å²) in [7, 11) is -1.48. The van der Waals surface area contributed by atoms with Crippen LogP contribution in [0.5, 0.6) is 5.75 Å². The van der Waals surface area contributed by atoms with Gasteiger partial charge in [-0.25, -0.2) is 32.3 Å². The van der Waals surface area contributed by atoms with Crippen LogP contribution >= 0.6 is 0 Å². The second-order valence-corrected chi connectivity index (χ2v) is 13.6. The first-order valence-corrected chi connectivity index (χ1v) is 18.0. The summed E-state index contributed by atoms with van der Waals surface area (Å²) in [5.74, 6) is -0.00316. The van der Waals surface area contributed by atoms with Crippen molar-refractivity contribution in [2.75, 3.05) is 39.2 Å². The summed E-state index contributed by atoms with van der Waals surface area (Å²) < 4.78 is 63.3. The van der Waals surface area contributed by atoms with Crippen LogP contribution in [0.2, 0.25) is 0 Å². The lowest BCUT2D eigenvalue weighted by atomic mass is 10.0. The number of methoxy groups -OCH3 is 2. The van der Waals surface area contributed by atoms with E-state index in [0.29, 0.717) is 72.1 Å². The fraction of sp³-hybridized carbons (Fsp3) is 0.297. The van der Waals surface area contributed by atoms with Crippen LogP contribution in [0, 0.1) is 5.82 Å². The zero-order chi connectivity index (χ0) is 36.1. The number of esters is 1. The fourth-order valence-electron chi connectivity index (χ4n) is 5.95. The van der Waals surface area contributed by atoms with Gasteiger partial charge in [-0.1, -0.05) is 26.0 Å². The molecule has 2 aromatic heterocycles. The number of aryl methyl sites for hydroxylation is 2. The highest BCUT2D eigenvalue weighted by molar-refractivity contribution is 7.89. The van der Waals surface area contributed by atoms with Crippen LogP contribution < -0.4 is 20.1 Å². The lowest BCUT2D eigenvalue weighted by Crippen LogP contribution is -2.33. The summed E-state index contributed by atoms with van der Waals surface area (Å²) in [5.41, 5.74) is 3.91. The number of nitrogens with zero attached hydrogens (tertiary/aromatic N) is 3. The highest BCUT2D eigenvalue weighted by Gasteiger charge is 2.26. The van der Waals surface area contributed by atoms with E-state index in [1.165, 1.54) is 25.4 Å². The minimum absolute atomic E-state index is 0.0488. The molecule has 5 aromatic rings. The van der Waals surface area contributed by atoms with Crippen molar-refractivity contribution in [3.05, 3.63) is 101 Å². The van der Waals surface area contributed by atoms with Crippen molar-refractivity contribution in [3.63, 3.8) is 0 Å². The summed E-state index contributed by atoms with van der Waals surface area (Å²) in [6.45, 7) is 5.52. The molecule has 6 rings (SSSR count). The predicted octanol–water partition coefficient (Wildman–Crippen LogP) is 5.63. The molecule has 1 aliphatic heterocycles. The van der Waals surface area contributed by atoms with Crippen molar-refractivity contribution in [1.29, 1.82) is 0 Å². The van der Waals surface area contributed by atoms with E-state index in [9.17, 15) is 13.2 Å². The van der Waals surface area contributed by atoms with Crippen LogP contribution in [0.1, 0.15) is 53.0 Å². The number of morpholine rings is 1. The fourth-order valence-corrected chi connectivity index (χ4v) is 7.07. The molecule has 0 radical (unpaired) electrons. The Morgan fingerprint density at radius 3 is 2.53 bits per heavy atom. The molecular formula is C37H39FN6O6S. The van der Waals surface area contributed by atoms with Gasteiger partial charge in [-0.05, 0) is 65.6 Å². The Balaban J connectivity index is 1.49. The number of sulfonamides is 1.